The van der Waals surface area contributed by atoms with Crippen molar-refractivity contribution in [2.45, 2.75) is 20.4 Å². The molecule has 0 fully saturated rings. The molecule has 0 saturated carbocycles. The Morgan fingerprint density at radius 3 is 2.79 bits per heavy atom. The van der Waals surface area contributed by atoms with Gasteiger partial charge in [0.1, 0.15) is 11.8 Å². The van der Waals surface area contributed by atoms with Crippen LogP contribution in [-0.4, -0.2) is 26.9 Å². The van der Waals surface area contributed by atoms with Gasteiger partial charge in [-0.05, 0) is 23.6 Å². The molecule has 0 atom stereocenters. The smallest absolute Gasteiger partial charge is 0.136 e. The first kappa shape index (κ1) is 15.5. The van der Waals surface area contributed by atoms with E-state index < -0.39 is 0 Å². The Morgan fingerprint density at radius 1 is 1.37 bits per heavy atom. The van der Waals surface area contributed by atoms with Crippen LogP contribution in [0.4, 0.5) is 0 Å². The van der Waals surface area contributed by atoms with E-state index in [1.54, 1.807) is 13.2 Å². The SMILES string of the molecule is COc1cc(CNCCOCC(C)C)ccc1C#N. The van der Waals surface area contributed by atoms with Gasteiger partial charge < -0.3 is 14.8 Å². The molecule has 0 aliphatic carbocycles. The van der Waals surface area contributed by atoms with Crippen molar-refractivity contribution in [2.24, 2.45) is 5.92 Å². The van der Waals surface area contributed by atoms with E-state index in [2.05, 4.69) is 25.2 Å². The zero-order chi connectivity index (χ0) is 14.1. The Balaban J connectivity index is 2.32. The van der Waals surface area contributed by atoms with Gasteiger partial charge in [0.05, 0.1) is 19.3 Å². The minimum atomic E-state index is 0.562. The summed E-state index contributed by atoms with van der Waals surface area (Å²) in [6.07, 6.45) is 0. The number of nitriles is 1. The summed E-state index contributed by atoms with van der Waals surface area (Å²) < 4.78 is 10.7. The largest absolute Gasteiger partial charge is 0.495 e. The lowest BCUT2D eigenvalue weighted by molar-refractivity contribution is 0.111. The molecule has 1 aromatic rings. The maximum Gasteiger partial charge on any atom is 0.136 e. The van der Waals surface area contributed by atoms with Crippen LogP contribution in [-0.2, 0) is 11.3 Å². The highest BCUT2D eigenvalue weighted by molar-refractivity contribution is 5.45. The van der Waals surface area contributed by atoms with Gasteiger partial charge >= 0.3 is 0 Å². The number of ether oxygens (including phenoxy) is 2. The second kappa shape index (κ2) is 8.52. The van der Waals surface area contributed by atoms with Gasteiger partial charge in [0.2, 0.25) is 0 Å². The van der Waals surface area contributed by atoms with Crippen molar-refractivity contribution in [3.05, 3.63) is 29.3 Å². The fourth-order valence-corrected chi connectivity index (χ4v) is 1.63. The first-order valence-corrected chi connectivity index (χ1v) is 6.52. The second-order valence-electron chi connectivity index (χ2n) is 4.79. The number of methoxy groups -OCH3 is 1. The normalized spacial score (nSPS) is 10.5. The molecule has 0 saturated heterocycles. The van der Waals surface area contributed by atoms with E-state index in [4.69, 9.17) is 14.7 Å². The molecule has 0 spiro atoms. The Kier molecular flexibility index (Phi) is 6.94. The predicted octanol–water partition coefficient (Wildman–Crippen LogP) is 2.33. The van der Waals surface area contributed by atoms with Gasteiger partial charge in [0.25, 0.3) is 0 Å². The van der Waals surface area contributed by atoms with Crippen molar-refractivity contribution in [1.82, 2.24) is 5.32 Å². The summed E-state index contributed by atoms with van der Waals surface area (Å²) >= 11 is 0. The lowest BCUT2D eigenvalue weighted by Gasteiger charge is -2.09. The number of hydrogen-bond acceptors (Lipinski definition) is 4. The van der Waals surface area contributed by atoms with Crippen LogP contribution in [0.5, 0.6) is 5.75 Å². The minimum Gasteiger partial charge on any atom is -0.495 e. The summed E-state index contributed by atoms with van der Waals surface area (Å²) in [6.45, 7) is 7.34. The lowest BCUT2D eigenvalue weighted by atomic mass is 10.1. The number of hydrogen-bond donors (Lipinski definition) is 1. The number of benzene rings is 1. The van der Waals surface area contributed by atoms with Crippen molar-refractivity contribution in [3.63, 3.8) is 0 Å². The number of nitrogens with zero attached hydrogens (tertiary/aromatic N) is 1. The van der Waals surface area contributed by atoms with Crippen molar-refractivity contribution in [1.29, 1.82) is 5.26 Å². The fraction of sp³-hybridized carbons (Fsp3) is 0.533. The Hall–Kier alpha value is -1.57. The maximum absolute atomic E-state index is 8.90. The summed E-state index contributed by atoms with van der Waals surface area (Å²) in [7, 11) is 1.58. The van der Waals surface area contributed by atoms with Gasteiger partial charge in [-0.2, -0.15) is 5.26 Å². The Labute approximate surface area is 115 Å². The number of nitrogens with one attached hydrogen (secondary N) is 1. The molecule has 0 aliphatic rings. The zero-order valence-electron chi connectivity index (χ0n) is 11.9. The zero-order valence-corrected chi connectivity index (χ0v) is 11.9. The Morgan fingerprint density at radius 2 is 2.16 bits per heavy atom. The number of rotatable bonds is 8. The van der Waals surface area contributed by atoms with Crippen LogP contribution in [0.25, 0.3) is 0 Å². The molecule has 0 aliphatic heterocycles. The van der Waals surface area contributed by atoms with Crippen LogP contribution < -0.4 is 10.1 Å². The molecule has 0 aromatic heterocycles. The van der Waals surface area contributed by atoms with E-state index >= 15 is 0 Å². The van der Waals surface area contributed by atoms with Crippen molar-refractivity contribution < 1.29 is 9.47 Å². The van der Waals surface area contributed by atoms with E-state index in [0.29, 0.717) is 23.8 Å². The molecule has 104 valence electrons. The summed E-state index contributed by atoms with van der Waals surface area (Å²) in [5.74, 6) is 1.20. The molecule has 0 amide bonds. The van der Waals surface area contributed by atoms with E-state index in [0.717, 1.165) is 25.3 Å². The van der Waals surface area contributed by atoms with Crippen LogP contribution in [0.3, 0.4) is 0 Å². The third-order valence-electron chi connectivity index (χ3n) is 2.59. The van der Waals surface area contributed by atoms with E-state index in [1.165, 1.54) is 0 Å². The molecule has 4 nitrogen and oxygen atoms in total. The minimum absolute atomic E-state index is 0.562. The highest BCUT2D eigenvalue weighted by Gasteiger charge is 2.03. The van der Waals surface area contributed by atoms with Crippen LogP contribution in [0, 0.1) is 17.2 Å². The van der Waals surface area contributed by atoms with Gasteiger partial charge in [0.15, 0.2) is 0 Å². The molecule has 1 N–H and O–H groups in total. The predicted molar refractivity (Wildman–Crippen MR) is 75.1 cm³/mol. The van der Waals surface area contributed by atoms with Gasteiger partial charge in [0, 0.05) is 19.7 Å². The quantitative estimate of drug-likeness (QED) is 0.731. The van der Waals surface area contributed by atoms with E-state index in [9.17, 15) is 0 Å². The lowest BCUT2D eigenvalue weighted by Crippen LogP contribution is -2.20. The van der Waals surface area contributed by atoms with Crippen LogP contribution in [0.1, 0.15) is 25.0 Å². The monoisotopic (exact) mass is 262 g/mol. The molecular formula is C15H22N2O2. The molecule has 0 radical (unpaired) electrons. The second-order valence-corrected chi connectivity index (χ2v) is 4.79. The molecule has 0 heterocycles. The van der Waals surface area contributed by atoms with E-state index in [-0.39, 0.29) is 0 Å². The molecule has 1 rings (SSSR count). The summed E-state index contributed by atoms with van der Waals surface area (Å²) in [6, 6.07) is 7.71. The fourth-order valence-electron chi connectivity index (χ4n) is 1.63. The maximum atomic E-state index is 8.90. The molecule has 0 bridgehead atoms. The molecule has 19 heavy (non-hydrogen) atoms. The van der Waals surface area contributed by atoms with E-state index in [1.807, 2.05) is 12.1 Å². The first-order chi connectivity index (χ1) is 9.17. The standard InChI is InChI=1S/C15H22N2O2/c1-12(2)11-19-7-6-17-10-13-4-5-14(9-16)15(8-13)18-3/h4-5,8,12,17H,6-7,10-11H2,1-3H3. The Bertz CT molecular complexity index is 425. The average Bonchev–Trinajstić information content (AvgIpc) is 2.42. The topological polar surface area (TPSA) is 54.3 Å². The summed E-state index contributed by atoms with van der Waals surface area (Å²) in [5, 5.41) is 12.2. The van der Waals surface area contributed by atoms with Gasteiger partial charge in [-0.1, -0.05) is 19.9 Å². The summed E-state index contributed by atoms with van der Waals surface area (Å²) in [4.78, 5) is 0. The molecular weight excluding hydrogens is 240 g/mol. The van der Waals surface area contributed by atoms with Gasteiger partial charge in [-0.15, -0.1) is 0 Å². The molecule has 4 heteroatoms. The van der Waals surface area contributed by atoms with Crippen LogP contribution >= 0.6 is 0 Å². The average molecular weight is 262 g/mol. The third-order valence-corrected chi connectivity index (χ3v) is 2.59. The first-order valence-electron chi connectivity index (χ1n) is 6.52. The highest BCUT2D eigenvalue weighted by atomic mass is 16.5. The van der Waals surface area contributed by atoms with Gasteiger partial charge in [-0.25, -0.2) is 0 Å². The van der Waals surface area contributed by atoms with Gasteiger partial charge in [-0.3, -0.25) is 0 Å². The van der Waals surface area contributed by atoms with Crippen LogP contribution in [0.2, 0.25) is 0 Å². The molecule has 1 aromatic carbocycles. The van der Waals surface area contributed by atoms with Crippen molar-refractivity contribution >= 4 is 0 Å². The van der Waals surface area contributed by atoms with Crippen molar-refractivity contribution in [2.75, 3.05) is 26.9 Å². The highest BCUT2D eigenvalue weighted by Crippen LogP contribution is 2.18. The third kappa shape index (κ3) is 5.73. The summed E-state index contributed by atoms with van der Waals surface area (Å²) in [5.41, 5.74) is 1.66. The van der Waals surface area contributed by atoms with Crippen molar-refractivity contribution in [3.8, 4) is 11.8 Å². The van der Waals surface area contributed by atoms with Crippen LogP contribution in [0.15, 0.2) is 18.2 Å². The molecule has 0 unspecified atom stereocenters.